The van der Waals surface area contributed by atoms with E-state index < -0.39 is 11.9 Å². The maximum Gasteiger partial charge on any atom is 0.354 e. The monoisotopic (exact) mass is 539 g/mol. The van der Waals surface area contributed by atoms with E-state index in [2.05, 4.69) is 20.3 Å². The second kappa shape index (κ2) is 12.2. The van der Waals surface area contributed by atoms with E-state index in [0.29, 0.717) is 22.5 Å². The maximum absolute atomic E-state index is 12.9. The minimum absolute atomic E-state index is 0.0886. The SMILES string of the molecule is Cc1cnc2cccc(OCc3c(C)ccc(N(C)C(=O)CNC(=O)/C=C/c4ccc(C(=O)O)nc4)c3C)c2n1. The van der Waals surface area contributed by atoms with Gasteiger partial charge in [0.05, 0.1) is 17.8 Å². The fourth-order valence-electron chi connectivity index (χ4n) is 4.10. The first kappa shape index (κ1) is 27.9. The first-order valence-electron chi connectivity index (χ1n) is 12.5. The number of likely N-dealkylation sites (N-methyl/N-ethyl adjacent to an activating group) is 1. The summed E-state index contributed by atoms with van der Waals surface area (Å²) < 4.78 is 6.17. The van der Waals surface area contributed by atoms with Crippen LogP contribution in [0, 0.1) is 20.8 Å². The Balaban J connectivity index is 1.40. The van der Waals surface area contributed by atoms with Crippen molar-refractivity contribution in [2.75, 3.05) is 18.5 Å². The van der Waals surface area contributed by atoms with Crippen molar-refractivity contribution < 1.29 is 24.2 Å². The molecule has 0 spiro atoms. The third kappa shape index (κ3) is 6.47. The summed E-state index contributed by atoms with van der Waals surface area (Å²) in [6, 6.07) is 12.3. The number of hydrogen-bond donors (Lipinski definition) is 2. The summed E-state index contributed by atoms with van der Waals surface area (Å²) in [7, 11) is 1.66. The summed E-state index contributed by atoms with van der Waals surface area (Å²) in [5.74, 6) is -1.26. The predicted molar refractivity (Wildman–Crippen MR) is 151 cm³/mol. The minimum Gasteiger partial charge on any atom is -0.487 e. The molecule has 2 heterocycles. The van der Waals surface area contributed by atoms with Gasteiger partial charge in [0.1, 0.15) is 23.6 Å². The predicted octanol–water partition coefficient (Wildman–Crippen LogP) is 4.02. The number of aryl methyl sites for hydroxylation is 2. The number of nitrogens with zero attached hydrogens (tertiary/aromatic N) is 4. The van der Waals surface area contributed by atoms with E-state index in [1.54, 1.807) is 13.2 Å². The molecule has 2 aromatic heterocycles. The molecular formula is C30H29N5O5. The van der Waals surface area contributed by atoms with Gasteiger partial charge >= 0.3 is 5.97 Å². The Morgan fingerprint density at radius 1 is 1.02 bits per heavy atom. The number of benzene rings is 2. The number of anilines is 1. The highest BCUT2D eigenvalue weighted by Crippen LogP contribution is 2.28. The molecule has 0 atom stereocenters. The number of fused-ring (bicyclic) bond motifs is 1. The van der Waals surface area contributed by atoms with Crippen LogP contribution in [-0.4, -0.2) is 51.4 Å². The molecule has 2 aromatic carbocycles. The molecule has 0 radical (unpaired) electrons. The molecule has 0 aliphatic rings. The molecule has 4 rings (SSSR count). The molecule has 10 nitrogen and oxygen atoms in total. The van der Waals surface area contributed by atoms with Gasteiger partial charge in [0.2, 0.25) is 11.8 Å². The highest BCUT2D eigenvalue weighted by molar-refractivity contribution is 5.99. The van der Waals surface area contributed by atoms with E-state index in [1.807, 2.05) is 51.1 Å². The van der Waals surface area contributed by atoms with Crippen LogP contribution in [0.2, 0.25) is 0 Å². The van der Waals surface area contributed by atoms with Crippen LogP contribution < -0.4 is 15.0 Å². The lowest BCUT2D eigenvalue weighted by Crippen LogP contribution is -2.38. The Morgan fingerprint density at radius 2 is 1.82 bits per heavy atom. The van der Waals surface area contributed by atoms with Crippen molar-refractivity contribution in [3.05, 3.63) is 94.6 Å². The number of carbonyl (C=O) groups is 3. The molecule has 0 saturated heterocycles. The molecule has 40 heavy (non-hydrogen) atoms. The van der Waals surface area contributed by atoms with Gasteiger partial charge in [-0.1, -0.05) is 18.2 Å². The first-order chi connectivity index (χ1) is 19.1. The maximum atomic E-state index is 12.9. The van der Waals surface area contributed by atoms with E-state index in [9.17, 15) is 14.4 Å². The number of carboxylic acid groups (broad SMARTS) is 1. The van der Waals surface area contributed by atoms with Crippen molar-refractivity contribution in [1.82, 2.24) is 20.3 Å². The molecule has 0 aliphatic carbocycles. The second-order valence-corrected chi connectivity index (χ2v) is 9.21. The van der Waals surface area contributed by atoms with Crippen LogP contribution in [0.4, 0.5) is 5.69 Å². The number of hydrogen-bond acceptors (Lipinski definition) is 7. The lowest BCUT2D eigenvalue weighted by atomic mass is 10.0. The van der Waals surface area contributed by atoms with E-state index in [-0.39, 0.29) is 24.8 Å². The number of aromatic carboxylic acids is 1. The van der Waals surface area contributed by atoms with Crippen molar-refractivity contribution in [2.45, 2.75) is 27.4 Å². The van der Waals surface area contributed by atoms with Gasteiger partial charge < -0.3 is 20.1 Å². The molecule has 204 valence electrons. The van der Waals surface area contributed by atoms with Crippen LogP contribution in [0.15, 0.2) is 60.9 Å². The average Bonchev–Trinajstić information content (AvgIpc) is 2.94. The molecule has 0 bridgehead atoms. The van der Waals surface area contributed by atoms with E-state index in [1.165, 1.54) is 35.4 Å². The summed E-state index contributed by atoms with van der Waals surface area (Å²) in [5.41, 5.74) is 6.28. The van der Waals surface area contributed by atoms with Gasteiger partial charge in [-0.2, -0.15) is 0 Å². The number of carbonyl (C=O) groups excluding carboxylic acids is 2. The number of rotatable bonds is 9. The number of amides is 2. The van der Waals surface area contributed by atoms with E-state index in [4.69, 9.17) is 9.84 Å². The Morgan fingerprint density at radius 3 is 2.55 bits per heavy atom. The first-order valence-corrected chi connectivity index (χ1v) is 12.5. The van der Waals surface area contributed by atoms with Gasteiger partial charge in [0.25, 0.3) is 0 Å². The molecule has 10 heteroatoms. The largest absolute Gasteiger partial charge is 0.487 e. The topological polar surface area (TPSA) is 135 Å². The summed E-state index contributed by atoms with van der Waals surface area (Å²) in [4.78, 5) is 50.3. The Bertz CT molecular complexity index is 1620. The second-order valence-electron chi connectivity index (χ2n) is 9.21. The molecule has 0 aliphatic heterocycles. The summed E-state index contributed by atoms with van der Waals surface area (Å²) in [5, 5.41) is 11.5. The molecule has 2 amide bonds. The molecule has 4 aromatic rings. The standard InChI is InChI=1S/C30H29N5O5/c1-18-8-12-25(20(3)22(18)17-40-26-7-5-6-23-29(26)34-19(2)14-31-23)35(4)28(37)16-33-27(36)13-10-21-9-11-24(30(38)39)32-15-21/h5-15H,16-17H2,1-4H3,(H,33,36)(H,38,39)/b13-10+. The van der Waals surface area contributed by atoms with Crippen LogP contribution in [0.1, 0.15) is 38.4 Å². The van der Waals surface area contributed by atoms with E-state index in [0.717, 1.165) is 27.9 Å². The zero-order chi connectivity index (χ0) is 28.8. The lowest BCUT2D eigenvalue weighted by molar-refractivity contribution is -0.122. The van der Waals surface area contributed by atoms with Crippen molar-refractivity contribution >= 4 is 40.6 Å². The zero-order valence-electron chi connectivity index (χ0n) is 22.6. The Labute approximate surface area is 231 Å². The van der Waals surface area contributed by atoms with Crippen molar-refractivity contribution in [2.24, 2.45) is 0 Å². The number of ether oxygens (including phenoxy) is 1. The molecule has 2 N–H and O–H groups in total. The highest BCUT2D eigenvalue weighted by atomic mass is 16.5. The fraction of sp³-hybridized carbons (Fsp3) is 0.200. The molecule has 0 fully saturated rings. The zero-order valence-corrected chi connectivity index (χ0v) is 22.6. The van der Waals surface area contributed by atoms with Gasteiger partial charge in [-0.15, -0.1) is 0 Å². The third-order valence-electron chi connectivity index (χ3n) is 6.41. The van der Waals surface area contributed by atoms with Crippen molar-refractivity contribution in [1.29, 1.82) is 0 Å². The quantitative estimate of drug-likeness (QED) is 0.305. The van der Waals surface area contributed by atoms with E-state index >= 15 is 0 Å². The van der Waals surface area contributed by atoms with Gasteiger partial charge in [-0.3, -0.25) is 14.6 Å². The Kier molecular flexibility index (Phi) is 8.48. The van der Waals surface area contributed by atoms with Gasteiger partial charge in [0, 0.05) is 31.2 Å². The normalized spacial score (nSPS) is 11.0. The summed E-state index contributed by atoms with van der Waals surface area (Å²) >= 11 is 0. The third-order valence-corrected chi connectivity index (χ3v) is 6.41. The van der Waals surface area contributed by atoms with Crippen molar-refractivity contribution in [3.63, 3.8) is 0 Å². The lowest BCUT2D eigenvalue weighted by Gasteiger charge is -2.23. The number of pyridine rings is 1. The van der Waals surface area contributed by atoms with Crippen molar-refractivity contribution in [3.8, 4) is 5.75 Å². The van der Waals surface area contributed by atoms with Crippen LogP contribution in [-0.2, 0) is 16.2 Å². The summed E-state index contributed by atoms with van der Waals surface area (Å²) in [6.45, 7) is 5.88. The average molecular weight is 540 g/mol. The smallest absolute Gasteiger partial charge is 0.354 e. The number of carboxylic acids is 1. The number of nitrogens with one attached hydrogen (secondary N) is 1. The van der Waals surface area contributed by atoms with Crippen LogP contribution in [0.3, 0.4) is 0 Å². The highest BCUT2D eigenvalue weighted by Gasteiger charge is 2.17. The number of aromatic nitrogens is 3. The van der Waals surface area contributed by atoms with Gasteiger partial charge in [0.15, 0.2) is 0 Å². The minimum atomic E-state index is -1.13. The molecule has 0 unspecified atom stereocenters. The fourth-order valence-corrected chi connectivity index (χ4v) is 4.10. The van der Waals surface area contributed by atoms with Crippen LogP contribution >= 0.6 is 0 Å². The molecule has 0 saturated carbocycles. The number of para-hydroxylation sites is 1. The van der Waals surface area contributed by atoms with Crippen LogP contribution in [0.25, 0.3) is 17.1 Å². The summed E-state index contributed by atoms with van der Waals surface area (Å²) in [6.07, 6.45) is 5.81. The van der Waals surface area contributed by atoms with Gasteiger partial charge in [-0.25, -0.2) is 14.8 Å². The Hall–Kier alpha value is -5.12. The van der Waals surface area contributed by atoms with Gasteiger partial charge in [-0.05, 0) is 73.4 Å². The molecular weight excluding hydrogens is 510 g/mol. The van der Waals surface area contributed by atoms with Crippen LogP contribution in [0.5, 0.6) is 5.75 Å².